The van der Waals surface area contributed by atoms with Crippen molar-refractivity contribution < 1.29 is 4.42 Å². The van der Waals surface area contributed by atoms with Crippen molar-refractivity contribution in [2.75, 3.05) is 17.7 Å². The molecule has 7 heteroatoms. The molecule has 2 heterocycles. The van der Waals surface area contributed by atoms with E-state index >= 15 is 0 Å². The molecule has 0 spiro atoms. The number of aromatic amines is 1. The van der Waals surface area contributed by atoms with Crippen molar-refractivity contribution in [1.29, 1.82) is 0 Å². The lowest BCUT2D eigenvalue weighted by atomic mass is 10.2. The van der Waals surface area contributed by atoms with Gasteiger partial charge >= 0.3 is 5.76 Å². The standard InChI is InChI=1S/C13H15N5O2/c1-17-4-3-15-12(17)7-18(2)10-6-9-11(5-8(10)14)20-13(19)16-9/h3-6H,7,14H2,1-2H3,(H,16,19). The molecule has 1 aromatic carbocycles. The molecule has 0 atom stereocenters. The molecule has 3 N–H and O–H groups in total. The van der Waals surface area contributed by atoms with Crippen molar-refractivity contribution in [3.63, 3.8) is 0 Å². The number of oxazole rings is 1. The van der Waals surface area contributed by atoms with Gasteiger partial charge in [-0.3, -0.25) is 4.98 Å². The second-order valence-electron chi connectivity index (χ2n) is 4.73. The number of nitrogen functional groups attached to an aromatic ring is 1. The average Bonchev–Trinajstić information content (AvgIpc) is 2.93. The Balaban J connectivity index is 1.98. The van der Waals surface area contributed by atoms with Gasteiger partial charge in [0.05, 0.1) is 23.4 Å². The molecule has 0 amide bonds. The Morgan fingerprint density at radius 3 is 3.00 bits per heavy atom. The largest absolute Gasteiger partial charge is 0.417 e. The Labute approximate surface area is 114 Å². The number of rotatable bonds is 3. The SMILES string of the molecule is CN(Cc1nccn1C)c1cc2[nH]c(=O)oc2cc1N. The molecule has 0 saturated heterocycles. The van der Waals surface area contributed by atoms with Crippen LogP contribution in [0, 0.1) is 0 Å². The number of H-pyrrole nitrogens is 1. The van der Waals surface area contributed by atoms with Crippen molar-refractivity contribution in [2.45, 2.75) is 6.54 Å². The Bertz CT molecular complexity index is 814. The van der Waals surface area contributed by atoms with Gasteiger partial charge < -0.3 is 19.6 Å². The molecule has 7 nitrogen and oxygen atoms in total. The van der Waals surface area contributed by atoms with Crippen LogP contribution in [0.5, 0.6) is 0 Å². The number of nitrogens with two attached hydrogens (primary N) is 1. The molecule has 3 aromatic rings. The van der Waals surface area contributed by atoms with E-state index in [1.165, 1.54) is 0 Å². The minimum atomic E-state index is -0.483. The van der Waals surface area contributed by atoms with Crippen LogP contribution in [0.4, 0.5) is 11.4 Å². The monoisotopic (exact) mass is 273 g/mol. The van der Waals surface area contributed by atoms with Crippen LogP contribution in [0.2, 0.25) is 0 Å². The summed E-state index contributed by atoms with van der Waals surface area (Å²) in [7, 11) is 3.86. The topological polar surface area (TPSA) is 93.1 Å². The summed E-state index contributed by atoms with van der Waals surface area (Å²) < 4.78 is 6.93. The number of imidazole rings is 1. The number of hydrogen-bond acceptors (Lipinski definition) is 5. The Hall–Kier alpha value is -2.70. The van der Waals surface area contributed by atoms with Gasteiger partial charge in [-0.1, -0.05) is 0 Å². The summed E-state index contributed by atoms with van der Waals surface area (Å²) in [4.78, 5) is 20.1. The van der Waals surface area contributed by atoms with Gasteiger partial charge in [0.2, 0.25) is 0 Å². The van der Waals surface area contributed by atoms with E-state index in [0.29, 0.717) is 23.3 Å². The fourth-order valence-corrected chi connectivity index (χ4v) is 2.18. The van der Waals surface area contributed by atoms with Gasteiger partial charge in [-0.05, 0) is 6.07 Å². The first-order chi connectivity index (χ1) is 9.54. The molecule has 0 bridgehead atoms. The van der Waals surface area contributed by atoms with Crippen LogP contribution in [-0.4, -0.2) is 21.6 Å². The van der Waals surface area contributed by atoms with Crippen molar-refractivity contribution in [1.82, 2.24) is 14.5 Å². The van der Waals surface area contributed by atoms with Crippen LogP contribution in [0.1, 0.15) is 5.82 Å². The van der Waals surface area contributed by atoms with Crippen LogP contribution >= 0.6 is 0 Å². The second kappa shape index (κ2) is 4.44. The summed E-state index contributed by atoms with van der Waals surface area (Å²) in [5.74, 6) is 0.441. The summed E-state index contributed by atoms with van der Waals surface area (Å²) in [5, 5.41) is 0. The number of aryl methyl sites for hydroxylation is 1. The van der Waals surface area contributed by atoms with E-state index in [1.54, 1.807) is 18.3 Å². The maximum atomic E-state index is 11.2. The van der Waals surface area contributed by atoms with Crippen molar-refractivity contribution in [3.8, 4) is 0 Å². The van der Waals surface area contributed by atoms with E-state index in [-0.39, 0.29) is 0 Å². The average molecular weight is 273 g/mol. The molecule has 0 radical (unpaired) electrons. The first-order valence-electron chi connectivity index (χ1n) is 6.14. The molecule has 0 aliphatic carbocycles. The molecular formula is C13H15N5O2. The van der Waals surface area contributed by atoms with Crippen LogP contribution in [0.15, 0.2) is 33.7 Å². The van der Waals surface area contributed by atoms with E-state index in [1.807, 2.05) is 29.8 Å². The van der Waals surface area contributed by atoms with Crippen LogP contribution in [0.25, 0.3) is 11.1 Å². The molecular weight excluding hydrogens is 258 g/mol. The smallest absolute Gasteiger partial charge is 0.408 e. The van der Waals surface area contributed by atoms with Gasteiger partial charge in [-0.25, -0.2) is 9.78 Å². The highest BCUT2D eigenvalue weighted by Crippen LogP contribution is 2.27. The third-order valence-corrected chi connectivity index (χ3v) is 3.28. The molecule has 2 aromatic heterocycles. The lowest BCUT2D eigenvalue weighted by Crippen LogP contribution is -2.20. The molecule has 0 fully saturated rings. The maximum absolute atomic E-state index is 11.2. The van der Waals surface area contributed by atoms with Crippen LogP contribution < -0.4 is 16.4 Å². The predicted molar refractivity (Wildman–Crippen MR) is 76.6 cm³/mol. The minimum Gasteiger partial charge on any atom is -0.408 e. The van der Waals surface area contributed by atoms with Crippen molar-refractivity contribution in [3.05, 3.63) is 40.9 Å². The fraction of sp³-hybridized carbons (Fsp3) is 0.231. The van der Waals surface area contributed by atoms with Crippen LogP contribution in [0.3, 0.4) is 0 Å². The Kier molecular flexibility index (Phi) is 2.74. The number of fused-ring (bicyclic) bond motifs is 1. The van der Waals surface area contributed by atoms with Gasteiger partial charge in [-0.2, -0.15) is 0 Å². The third kappa shape index (κ3) is 2.03. The highest BCUT2D eigenvalue weighted by atomic mass is 16.4. The van der Waals surface area contributed by atoms with Gasteiger partial charge in [0.25, 0.3) is 0 Å². The lowest BCUT2D eigenvalue weighted by Gasteiger charge is -2.20. The molecule has 0 unspecified atom stereocenters. The summed E-state index contributed by atoms with van der Waals surface area (Å²) in [5.41, 5.74) is 8.48. The van der Waals surface area contributed by atoms with Crippen molar-refractivity contribution in [2.24, 2.45) is 7.05 Å². The van der Waals surface area contributed by atoms with Gasteiger partial charge in [0.15, 0.2) is 5.58 Å². The first kappa shape index (κ1) is 12.3. The van der Waals surface area contributed by atoms with Gasteiger partial charge in [0, 0.05) is 32.6 Å². The minimum absolute atomic E-state index is 0.460. The Morgan fingerprint density at radius 1 is 1.50 bits per heavy atom. The zero-order chi connectivity index (χ0) is 14.3. The molecule has 20 heavy (non-hydrogen) atoms. The maximum Gasteiger partial charge on any atom is 0.417 e. The highest BCUT2D eigenvalue weighted by Gasteiger charge is 2.12. The third-order valence-electron chi connectivity index (χ3n) is 3.28. The summed E-state index contributed by atoms with van der Waals surface area (Å²) in [6.07, 6.45) is 3.65. The number of hydrogen-bond donors (Lipinski definition) is 2. The summed E-state index contributed by atoms with van der Waals surface area (Å²) in [6.45, 7) is 0.612. The van der Waals surface area contributed by atoms with Gasteiger partial charge in [-0.15, -0.1) is 0 Å². The number of nitrogens with one attached hydrogen (secondary N) is 1. The quantitative estimate of drug-likeness (QED) is 0.696. The second-order valence-corrected chi connectivity index (χ2v) is 4.73. The molecule has 0 saturated carbocycles. The normalized spacial score (nSPS) is 11.1. The zero-order valence-electron chi connectivity index (χ0n) is 11.3. The van der Waals surface area contributed by atoms with E-state index in [2.05, 4.69) is 9.97 Å². The number of benzene rings is 1. The van der Waals surface area contributed by atoms with Crippen molar-refractivity contribution >= 4 is 22.5 Å². The summed E-state index contributed by atoms with van der Waals surface area (Å²) >= 11 is 0. The molecule has 104 valence electrons. The van der Waals surface area contributed by atoms with Crippen LogP contribution in [-0.2, 0) is 13.6 Å². The molecule has 0 aliphatic rings. The molecule has 3 rings (SSSR count). The number of aromatic nitrogens is 3. The summed E-state index contributed by atoms with van der Waals surface area (Å²) in [6, 6.07) is 3.45. The van der Waals surface area contributed by atoms with E-state index in [4.69, 9.17) is 10.2 Å². The number of nitrogens with zero attached hydrogens (tertiary/aromatic N) is 3. The number of anilines is 2. The Morgan fingerprint density at radius 2 is 2.30 bits per heavy atom. The zero-order valence-corrected chi connectivity index (χ0v) is 11.3. The van der Waals surface area contributed by atoms with E-state index < -0.39 is 5.76 Å². The first-order valence-corrected chi connectivity index (χ1v) is 6.14. The highest BCUT2D eigenvalue weighted by molar-refractivity contribution is 5.85. The van der Waals surface area contributed by atoms with E-state index in [9.17, 15) is 4.79 Å². The fourth-order valence-electron chi connectivity index (χ4n) is 2.18. The lowest BCUT2D eigenvalue weighted by molar-refractivity contribution is 0.555. The predicted octanol–water partition coefficient (Wildman–Crippen LogP) is 1.07. The van der Waals surface area contributed by atoms with Gasteiger partial charge in [0.1, 0.15) is 5.82 Å². The molecule has 0 aliphatic heterocycles. The van der Waals surface area contributed by atoms with E-state index in [0.717, 1.165) is 11.5 Å².